The second-order valence-electron chi connectivity index (χ2n) is 5.76. The standard InChI is InChI=1S/C14H23BN2O3S/c1-15(18)16-10-6-7-13(11-16)12-17(21(2,19)20)14-8-4-3-5-9-14/h3-5,8-9,13,18H,6-7,10-12H2,1-2H3. The quantitative estimate of drug-likeness (QED) is 0.832. The van der Waals surface area contributed by atoms with E-state index in [-0.39, 0.29) is 5.92 Å². The van der Waals surface area contributed by atoms with Crippen molar-refractivity contribution in [3.63, 3.8) is 0 Å². The van der Waals surface area contributed by atoms with Crippen LogP contribution in [-0.2, 0) is 10.0 Å². The van der Waals surface area contributed by atoms with E-state index in [9.17, 15) is 13.4 Å². The Labute approximate surface area is 127 Å². The normalized spacial score (nSPS) is 20.2. The third-order valence-corrected chi connectivity index (χ3v) is 5.11. The number of benzene rings is 1. The molecule has 5 nitrogen and oxygen atoms in total. The number of piperidine rings is 1. The Morgan fingerprint density at radius 3 is 2.62 bits per heavy atom. The molecule has 2 rings (SSSR count). The van der Waals surface area contributed by atoms with E-state index in [1.54, 1.807) is 6.82 Å². The molecule has 0 amide bonds. The minimum absolute atomic E-state index is 0.239. The van der Waals surface area contributed by atoms with Crippen LogP contribution in [0.2, 0.25) is 6.82 Å². The van der Waals surface area contributed by atoms with Gasteiger partial charge in [0.2, 0.25) is 10.0 Å². The zero-order valence-electron chi connectivity index (χ0n) is 12.6. The monoisotopic (exact) mass is 310 g/mol. The summed E-state index contributed by atoms with van der Waals surface area (Å²) in [7, 11) is -3.78. The molecule has 1 aliphatic heterocycles. The van der Waals surface area contributed by atoms with E-state index in [2.05, 4.69) is 0 Å². The topological polar surface area (TPSA) is 60.9 Å². The van der Waals surface area contributed by atoms with Crippen molar-refractivity contribution >= 4 is 22.8 Å². The maximum absolute atomic E-state index is 12.1. The molecule has 1 atom stereocenters. The van der Waals surface area contributed by atoms with E-state index in [1.165, 1.54) is 10.6 Å². The maximum atomic E-state index is 12.1. The number of hydrogen-bond acceptors (Lipinski definition) is 4. The molecule has 0 saturated carbocycles. The van der Waals surface area contributed by atoms with Gasteiger partial charge in [0.15, 0.2) is 0 Å². The highest BCUT2D eigenvalue weighted by molar-refractivity contribution is 7.92. The summed E-state index contributed by atoms with van der Waals surface area (Å²) < 4.78 is 25.6. The van der Waals surface area contributed by atoms with Gasteiger partial charge in [-0.2, -0.15) is 0 Å². The van der Waals surface area contributed by atoms with Crippen LogP contribution in [-0.4, -0.2) is 51.2 Å². The Balaban J connectivity index is 2.13. The van der Waals surface area contributed by atoms with Gasteiger partial charge in [-0.15, -0.1) is 0 Å². The number of rotatable bonds is 5. The lowest BCUT2D eigenvalue weighted by atomic mass is 9.80. The first kappa shape index (κ1) is 16.3. The van der Waals surface area contributed by atoms with Crippen LogP contribution >= 0.6 is 0 Å². The van der Waals surface area contributed by atoms with E-state index in [1.807, 2.05) is 35.1 Å². The molecule has 0 aliphatic carbocycles. The molecule has 116 valence electrons. The molecule has 1 N–H and O–H groups in total. The van der Waals surface area contributed by atoms with Gasteiger partial charge in [0.25, 0.3) is 0 Å². The summed E-state index contributed by atoms with van der Waals surface area (Å²) in [5, 5.41) is 9.70. The summed E-state index contributed by atoms with van der Waals surface area (Å²) in [4.78, 5) is 2.00. The molecule has 21 heavy (non-hydrogen) atoms. The minimum Gasteiger partial charge on any atom is -0.437 e. The van der Waals surface area contributed by atoms with Crippen LogP contribution < -0.4 is 4.31 Å². The van der Waals surface area contributed by atoms with Crippen LogP contribution in [0.25, 0.3) is 0 Å². The lowest BCUT2D eigenvalue weighted by molar-refractivity contribution is 0.247. The average molecular weight is 310 g/mol. The van der Waals surface area contributed by atoms with Gasteiger partial charge in [-0.1, -0.05) is 18.2 Å². The lowest BCUT2D eigenvalue weighted by Crippen LogP contribution is -2.47. The molecule has 0 radical (unpaired) electrons. The van der Waals surface area contributed by atoms with Crippen LogP contribution in [0, 0.1) is 5.92 Å². The first-order valence-electron chi connectivity index (χ1n) is 7.33. The first-order chi connectivity index (χ1) is 9.88. The highest BCUT2D eigenvalue weighted by Gasteiger charge is 2.28. The van der Waals surface area contributed by atoms with Crippen molar-refractivity contribution in [2.45, 2.75) is 19.7 Å². The Morgan fingerprint density at radius 2 is 2.05 bits per heavy atom. The van der Waals surface area contributed by atoms with Gasteiger partial charge in [-0.25, -0.2) is 8.42 Å². The van der Waals surface area contributed by atoms with E-state index in [0.29, 0.717) is 12.2 Å². The fourth-order valence-electron chi connectivity index (χ4n) is 2.85. The molecule has 7 heteroatoms. The Morgan fingerprint density at radius 1 is 1.38 bits per heavy atom. The number of anilines is 1. The molecular formula is C14H23BN2O3S. The third kappa shape index (κ3) is 4.46. The van der Waals surface area contributed by atoms with E-state index >= 15 is 0 Å². The van der Waals surface area contributed by atoms with Crippen LogP contribution in [0.1, 0.15) is 12.8 Å². The zero-order valence-corrected chi connectivity index (χ0v) is 13.5. The van der Waals surface area contributed by atoms with Gasteiger partial charge in [-0.3, -0.25) is 4.31 Å². The van der Waals surface area contributed by atoms with E-state index in [4.69, 9.17) is 0 Å². The summed E-state index contributed by atoms with van der Waals surface area (Å²) in [6.07, 6.45) is 3.22. The fraction of sp³-hybridized carbons (Fsp3) is 0.571. The summed E-state index contributed by atoms with van der Waals surface area (Å²) >= 11 is 0. The van der Waals surface area contributed by atoms with Gasteiger partial charge >= 0.3 is 7.05 Å². The number of para-hydroxylation sites is 1. The average Bonchev–Trinajstić information content (AvgIpc) is 2.45. The van der Waals surface area contributed by atoms with Gasteiger partial charge in [0.05, 0.1) is 11.9 Å². The Bertz CT molecular complexity index is 551. The zero-order chi connectivity index (χ0) is 15.5. The molecule has 1 heterocycles. The molecule has 0 spiro atoms. The Kier molecular flexibility index (Phi) is 5.29. The van der Waals surface area contributed by atoms with Crippen molar-refractivity contribution in [1.29, 1.82) is 0 Å². The minimum atomic E-state index is -3.30. The smallest absolute Gasteiger partial charge is 0.376 e. The van der Waals surface area contributed by atoms with Gasteiger partial charge < -0.3 is 9.83 Å². The van der Waals surface area contributed by atoms with Crippen LogP contribution in [0.3, 0.4) is 0 Å². The molecule has 1 fully saturated rings. The van der Waals surface area contributed by atoms with Gasteiger partial charge in [0, 0.05) is 6.54 Å². The predicted octanol–water partition coefficient (Wildman–Crippen LogP) is 1.27. The molecule has 1 aromatic rings. The molecule has 1 aliphatic rings. The number of hydrogen-bond donors (Lipinski definition) is 1. The summed E-state index contributed by atoms with van der Waals surface area (Å²) in [5.74, 6) is 0.239. The van der Waals surface area contributed by atoms with Crippen molar-refractivity contribution in [1.82, 2.24) is 4.81 Å². The lowest BCUT2D eigenvalue weighted by Gasteiger charge is -2.36. The second-order valence-corrected chi connectivity index (χ2v) is 7.67. The largest absolute Gasteiger partial charge is 0.437 e. The van der Waals surface area contributed by atoms with Crippen molar-refractivity contribution in [2.75, 3.05) is 30.2 Å². The number of nitrogens with zero attached hydrogens (tertiary/aromatic N) is 2. The van der Waals surface area contributed by atoms with Crippen molar-refractivity contribution in [3.8, 4) is 0 Å². The molecule has 0 bridgehead atoms. The molecule has 1 unspecified atom stereocenters. The summed E-state index contributed by atoms with van der Waals surface area (Å²) in [6, 6.07) is 9.19. The first-order valence-corrected chi connectivity index (χ1v) is 9.17. The van der Waals surface area contributed by atoms with E-state index < -0.39 is 17.1 Å². The fourth-order valence-corrected chi connectivity index (χ4v) is 3.83. The highest BCUT2D eigenvalue weighted by Crippen LogP contribution is 2.23. The summed E-state index contributed by atoms with van der Waals surface area (Å²) in [5.41, 5.74) is 0.703. The van der Waals surface area contributed by atoms with E-state index in [0.717, 1.165) is 25.9 Å². The maximum Gasteiger partial charge on any atom is 0.376 e. The molecular weight excluding hydrogens is 287 g/mol. The van der Waals surface area contributed by atoms with Crippen LogP contribution in [0.4, 0.5) is 5.69 Å². The van der Waals surface area contributed by atoms with Gasteiger partial charge in [-0.05, 0) is 50.8 Å². The molecule has 1 aromatic carbocycles. The van der Waals surface area contributed by atoms with Crippen LogP contribution in [0.5, 0.6) is 0 Å². The molecule has 1 saturated heterocycles. The third-order valence-electron chi connectivity index (χ3n) is 3.95. The van der Waals surface area contributed by atoms with Crippen molar-refractivity contribution < 1.29 is 13.4 Å². The highest BCUT2D eigenvalue weighted by atomic mass is 32.2. The van der Waals surface area contributed by atoms with Crippen molar-refractivity contribution in [3.05, 3.63) is 30.3 Å². The Hall–Kier alpha value is -1.05. The second kappa shape index (κ2) is 6.81. The SMILES string of the molecule is CB(O)N1CCCC(CN(c2ccccc2)S(C)(=O)=O)C1. The predicted molar refractivity (Wildman–Crippen MR) is 86.8 cm³/mol. The molecule has 0 aromatic heterocycles. The van der Waals surface area contributed by atoms with Crippen LogP contribution in [0.15, 0.2) is 30.3 Å². The van der Waals surface area contributed by atoms with Gasteiger partial charge in [0.1, 0.15) is 0 Å². The number of sulfonamides is 1. The van der Waals surface area contributed by atoms with Crippen molar-refractivity contribution in [2.24, 2.45) is 5.92 Å². The summed E-state index contributed by atoms with van der Waals surface area (Å²) in [6.45, 7) is 3.83.